The molecule has 0 bridgehead atoms. The molecule has 0 unspecified atom stereocenters. The summed E-state index contributed by atoms with van der Waals surface area (Å²) >= 11 is 11.8. The van der Waals surface area contributed by atoms with Gasteiger partial charge in [-0.2, -0.15) is 0 Å². The lowest BCUT2D eigenvalue weighted by Gasteiger charge is -2.31. The van der Waals surface area contributed by atoms with Crippen LogP contribution in [0.1, 0.15) is 23.2 Å². The summed E-state index contributed by atoms with van der Waals surface area (Å²) in [6.45, 7) is 1.12. The van der Waals surface area contributed by atoms with E-state index in [9.17, 15) is 9.59 Å². The first kappa shape index (κ1) is 15.9. The number of hydrogen-bond donors (Lipinski definition) is 1. The number of ether oxygens (including phenoxy) is 1. The van der Waals surface area contributed by atoms with Crippen molar-refractivity contribution in [2.45, 2.75) is 18.9 Å². The quantitative estimate of drug-likeness (QED) is 0.906. The molecule has 1 saturated heterocycles. The Bertz CT molecular complexity index is 543. The number of nitrogens with zero attached hydrogens (tertiary/aromatic N) is 1. The molecule has 0 aliphatic carbocycles. The van der Waals surface area contributed by atoms with E-state index in [1.54, 1.807) is 17.0 Å². The number of halogens is 2. The monoisotopic (exact) mass is 330 g/mol. The van der Waals surface area contributed by atoms with Gasteiger partial charge in [0.1, 0.15) is 0 Å². The molecule has 1 fully saturated rings. The van der Waals surface area contributed by atoms with Crippen LogP contribution in [0.3, 0.4) is 0 Å². The normalized spacial score (nSPS) is 15.7. The van der Waals surface area contributed by atoms with Gasteiger partial charge in [0.25, 0.3) is 5.91 Å². The van der Waals surface area contributed by atoms with E-state index in [1.807, 2.05) is 0 Å². The summed E-state index contributed by atoms with van der Waals surface area (Å²) in [4.78, 5) is 25.2. The maximum Gasteiger partial charge on any atom is 0.409 e. The van der Waals surface area contributed by atoms with Crippen LogP contribution in [0.2, 0.25) is 10.0 Å². The zero-order valence-electron chi connectivity index (χ0n) is 11.6. The molecule has 0 spiro atoms. The van der Waals surface area contributed by atoms with Crippen molar-refractivity contribution in [3.8, 4) is 0 Å². The SMILES string of the molecule is COC(=O)N1CCC(NC(=O)c2ccc(Cl)cc2Cl)CC1. The van der Waals surface area contributed by atoms with Crippen LogP contribution in [0.5, 0.6) is 0 Å². The summed E-state index contributed by atoms with van der Waals surface area (Å²) in [6.07, 6.45) is 1.04. The number of hydrogen-bond acceptors (Lipinski definition) is 3. The van der Waals surface area contributed by atoms with Gasteiger partial charge in [0.05, 0.1) is 17.7 Å². The van der Waals surface area contributed by atoms with Gasteiger partial charge in [-0.05, 0) is 31.0 Å². The number of rotatable bonds is 2. The molecule has 0 saturated carbocycles. The van der Waals surface area contributed by atoms with Crippen LogP contribution in [0, 0.1) is 0 Å². The summed E-state index contributed by atoms with van der Waals surface area (Å²) in [5.41, 5.74) is 0.400. The van der Waals surface area contributed by atoms with Gasteiger partial charge in [0.15, 0.2) is 0 Å². The Morgan fingerprint density at radius 1 is 1.29 bits per heavy atom. The summed E-state index contributed by atoms with van der Waals surface area (Å²) in [6, 6.07) is 4.79. The van der Waals surface area contributed by atoms with Crippen LogP contribution >= 0.6 is 23.2 Å². The standard InChI is InChI=1S/C14H16Cl2N2O3/c1-21-14(20)18-6-4-10(5-7-18)17-13(19)11-3-2-9(15)8-12(11)16/h2-3,8,10H,4-7H2,1H3,(H,17,19). The van der Waals surface area contributed by atoms with Gasteiger partial charge < -0.3 is 15.0 Å². The summed E-state index contributed by atoms with van der Waals surface area (Å²) < 4.78 is 4.67. The molecule has 1 aromatic rings. The lowest BCUT2D eigenvalue weighted by Crippen LogP contribution is -2.46. The van der Waals surface area contributed by atoms with E-state index in [-0.39, 0.29) is 18.0 Å². The number of carbonyl (C=O) groups excluding carboxylic acids is 2. The van der Waals surface area contributed by atoms with Gasteiger partial charge in [-0.25, -0.2) is 4.79 Å². The number of likely N-dealkylation sites (tertiary alicyclic amines) is 1. The highest BCUT2D eigenvalue weighted by molar-refractivity contribution is 6.36. The smallest absolute Gasteiger partial charge is 0.409 e. The fourth-order valence-corrected chi connectivity index (χ4v) is 2.77. The number of amides is 2. The molecule has 1 aromatic carbocycles. The predicted molar refractivity (Wildman–Crippen MR) is 80.9 cm³/mol. The van der Waals surface area contributed by atoms with E-state index in [1.165, 1.54) is 13.2 Å². The first-order valence-electron chi connectivity index (χ1n) is 6.60. The molecule has 2 rings (SSSR count). The highest BCUT2D eigenvalue weighted by atomic mass is 35.5. The zero-order valence-corrected chi connectivity index (χ0v) is 13.1. The first-order valence-corrected chi connectivity index (χ1v) is 7.35. The van der Waals surface area contributed by atoms with Crippen molar-refractivity contribution in [2.75, 3.05) is 20.2 Å². The predicted octanol–water partition coefficient (Wildman–Crippen LogP) is 2.95. The number of nitrogens with one attached hydrogen (secondary N) is 1. The van der Waals surface area contributed by atoms with E-state index >= 15 is 0 Å². The van der Waals surface area contributed by atoms with Gasteiger partial charge in [0.2, 0.25) is 0 Å². The Labute approximate surface area is 133 Å². The van der Waals surface area contributed by atoms with E-state index in [0.29, 0.717) is 41.5 Å². The Balaban J connectivity index is 1.91. The number of piperidine rings is 1. The highest BCUT2D eigenvalue weighted by Gasteiger charge is 2.24. The van der Waals surface area contributed by atoms with Crippen molar-refractivity contribution in [2.24, 2.45) is 0 Å². The van der Waals surface area contributed by atoms with Crippen LogP contribution in [-0.4, -0.2) is 43.1 Å². The first-order chi connectivity index (χ1) is 10.0. The molecule has 0 atom stereocenters. The van der Waals surface area contributed by atoms with Gasteiger partial charge >= 0.3 is 6.09 Å². The molecule has 0 radical (unpaired) electrons. The topological polar surface area (TPSA) is 58.6 Å². The third-order valence-electron chi connectivity index (χ3n) is 3.44. The molecule has 5 nitrogen and oxygen atoms in total. The largest absolute Gasteiger partial charge is 0.453 e. The van der Waals surface area contributed by atoms with Crippen molar-refractivity contribution >= 4 is 35.2 Å². The second-order valence-corrected chi connectivity index (χ2v) is 5.67. The summed E-state index contributed by atoms with van der Waals surface area (Å²) in [7, 11) is 1.36. The van der Waals surface area contributed by atoms with Crippen molar-refractivity contribution < 1.29 is 14.3 Å². The summed E-state index contributed by atoms with van der Waals surface area (Å²) in [5, 5.41) is 3.74. The molecule has 1 aliphatic rings. The molecule has 1 N–H and O–H groups in total. The highest BCUT2D eigenvalue weighted by Crippen LogP contribution is 2.21. The average molecular weight is 331 g/mol. The summed E-state index contributed by atoms with van der Waals surface area (Å²) in [5.74, 6) is -0.229. The van der Waals surface area contributed by atoms with Gasteiger partial charge in [-0.3, -0.25) is 4.79 Å². The molecule has 21 heavy (non-hydrogen) atoms. The minimum Gasteiger partial charge on any atom is -0.453 e. The zero-order chi connectivity index (χ0) is 15.4. The van der Waals surface area contributed by atoms with Gasteiger partial charge in [-0.1, -0.05) is 23.2 Å². The fraction of sp³-hybridized carbons (Fsp3) is 0.429. The van der Waals surface area contributed by atoms with E-state index < -0.39 is 0 Å². The third kappa shape index (κ3) is 4.02. The maximum absolute atomic E-state index is 12.2. The Hall–Kier alpha value is -1.46. The lowest BCUT2D eigenvalue weighted by molar-refractivity contribution is 0.0892. The Morgan fingerprint density at radius 3 is 2.52 bits per heavy atom. The molecule has 114 valence electrons. The Morgan fingerprint density at radius 2 is 1.95 bits per heavy atom. The van der Waals surface area contributed by atoms with Crippen LogP contribution in [-0.2, 0) is 4.74 Å². The van der Waals surface area contributed by atoms with Gasteiger partial charge in [0, 0.05) is 24.2 Å². The van der Waals surface area contributed by atoms with Crippen LogP contribution in [0.15, 0.2) is 18.2 Å². The van der Waals surface area contributed by atoms with E-state index in [2.05, 4.69) is 10.1 Å². The molecular weight excluding hydrogens is 315 g/mol. The fourth-order valence-electron chi connectivity index (χ4n) is 2.27. The van der Waals surface area contributed by atoms with Gasteiger partial charge in [-0.15, -0.1) is 0 Å². The lowest BCUT2D eigenvalue weighted by atomic mass is 10.0. The van der Waals surface area contributed by atoms with Crippen molar-refractivity contribution in [3.63, 3.8) is 0 Å². The molecule has 1 aliphatic heterocycles. The van der Waals surface area contributed by atoms with Crippen molar-refractivity contribution in [1.82, 2.24) is 10.2 Å². The second-order valence-electron chi connectivity index (χ2n) is 4.83. The number of benzene rings is 1. The average Bonchev–Trinajstić information content (AvgIpc) is 2.47. The van der Waals surface area contributed by atoms with Crippen LogP contribution in [0.25, 0.3) is 0 Å². The minimum atomic E-state index is -0.333. The second kappa shape index (κ2) is 7.00. The molecule has 0 aromatic heterocycles. The molecule has 2 amide bonds. The third-order valence-corrected chi connectivity index (χ3v) is 3.99. The van der Waals surface area contributed by atoms with Crippen molar-refractivity contribution in [3.05, 3.63) is 33.8 Å². The molecule has 7 heteroatoms. The molecular formula is C14H16Cl2N2O3. The van der Waals surface area contributed by atoms with Crippen molar-refractivity contribution in [1.29, 1.82) is 0 Å². The van der Waals surface area contributed by atoms with E-state index in [0.717, 1.165) is 0 Å². The minimum absolute atomic E-state index is 0.0187. The number of carbonyl (C=O) groups is 2. The number of methoxy groups -OCH3 is 1. The van der Waals surface area contributed by atoms with Crippen LogP contribution in [0.4, 0.5) is 4.79 Å². The van der Waals surface area contributed by atoms with E-state index in [4.69, 9.17) is 23.2 Å². The van der Waals surface area contributed by atoms with Crippen LogP contribution < -0.4 is 5.32 Å². The Kier molecular flexibility index (Phi) is 5.31. The molecule has 1 heterocycles. The maximum atomic E-state index is 12.2.